The Balaban J connectivity index is 1.61. The fourth-order valence-corrected chi connectivity index (χ4v) is 5.72. The van der Waals surface area contributed by atoms with Crippen LogP contribution in [0.2, 0.25) is 0 Å². The van der Waals surface area contributed by atoms with E-state index in [1.807, 2.05) is 6.07 Å². The van der Waals surface area contributed by atoms with Gasteiger partial charge in [0.15, 0.2) is 0 Å². The zero-order valence-electron chi connectivity index (χ0n) is 14.4. The number of rotatable bonds is 2. The fraction of sp³-hybridized carbons (Fsp3) is 0.409. The smallest absolute Gasteiger partial charge is 0.337 e. The minimum atomic E-state index is -0.243. The maximum Gasteiger partial charge on any atom is 0.337 e. The number of hydrogen-bond donors (Lipinski definition) is 1. The SMILES string of the molecule is COC(=O)c1ccc2c(c1)[C@H]1[C@@H]3CC[C@@H](C3)[C@H]1C(c1ccccc1)N2. The number of hydrogen-bond acceptors (Lipinski definition) is 3. The molecule has 2 aromatic carbocycles. The Morgan fingerprint density at radius 3 is 2.68 bits per heavy atom. The molecule has 0 amide bonds. The molecule has 1 aliphatic heterocycles. The van der Waals surface area contributed by atoms with Gasteiger partial charge in [-0.2, -0.15) is 0 Å². The molecule has 1 unspecified atom stereocenters. The summed E-state index contributed by atoms with van der Waals surface area (Å²) in [5.74, 6) is 2.50. The quantitative estimate of drug-likeness (QED) is 0.805. The van der Waals surface area contributed by atoms with Gasteiger partial charge < -0.3 is 10.1 Å². The summed E-state index contributed by atoms with van der Waals surface area (Å²) in [5, 5.41) is 3.80. The molecule has 2 fully saturated rings. The summed E-state index contributed by atoms with van der Waals surface area (Å²) in [6.07, 6.45) is 4.01. The van der Waals surface area contributed by atoms with E-state index in [1.165, 1.54) is 43.2 Å². The summed E-state index contributed by atoms with van der Waals surface area (Å²) in [7, 11) is 1.45. The monoisotopic (exact) mass is 333 g/mol. The summed E-state index contributed by atoms with van der Waals surface area (Å²) < 4.78 is 4.93. The van der Waals surface area contributed by atoms with Gasteiger partial charge in [0.25, 0.3) is 0 Å². The average molecular weight is 333 g/mol. The summed E-state index contributed by atoms with van der Waals surface area (Å²) in [4.78, 5) is 12.0. The zero-order chi connectivity index (χ0) is 17.0. The lowest BCUT2D eigenvalue weighted by Gasteiger charge is -2.43. The van der Waals surface area contributed by atoms with Crippen molar-refractivity contribution in [3.63, 3.8) is 0 Å². The van der Waals surface area contributed by atoms with Crippen LogP contribution in [0.1, 0.15) is 52.7 Å². The van der Waals surface area contributed by atoms with Gasteiger partial charge >= 0.3 is 5.97 Å². The van der Waals surface area contributed by atoms with Crippen LogP contribution >= 0.6 is 0 Å². The molecule has 0 aromatic heterocycles. The second-order valence-corrected chi connectivity index (χ2v) is 7.76. The van der Waals surface area contributed by atoms with Gasteiger partial charge in [-0.05, 0) is 72.3 Å². The van der Waals surface area contributed by atoms with E-state index in [1.54, 1.807) is 0 Å². The van der Waals surface area contributed by atoms with Crippen LogP contribution in [0.4, 0.5) is 5.69 Å². The first kappa shape index (κ1) is 15.0. The highest BCUT2D eigenvalue weighted by molar-refractivity contribution is 5.90. The van der Waals surface area contributed by atoms with Crippen molar-refractivity contribution in [2.75, 3.05) is 12.4 Å². The van der Waals surface area contributed by atoms with Crippen molar-refractivity contribution in [1.82, 2.24) is 0 Å². The maximum atomic E-state index is 12.0. The fourth-order valence-electron chi connectivity index (χ4n) is 5.72. The predicted molar refractivity (Wildman–Crippen MR) is 97.6 cm³/mol. The molecule has 3 heteroatoms. The molecule has 0 radical (unpaired) electrons. The largest absolute Gasteiger partial charge is 0.465 e. The van der Waals surface area contributed by atoms with Crippen LogP contribution in [0.15, 0.2) is 48.5 Å². The van der Waals surface area contributed by atoms with Gasteiger partial charge in [0.05, 0.1) is 18.7 Å². The van der Waals surface area contributed by atoms with E-state index >= 15 is 0 Å². The Labute approximate surface area is 148 Å². The number of carbonyl (C=O) groups is 1. The lowest BCUT2D eigenvalue weighted by Crippen LogP contribution is -2.35. The summed E-state index contributed by atoms with van der Waals surface area (Å²) in [6, 6.07) is 17.2. The third-order valence-corrected chi connectivity index (χ3v) is 6.67. The highest BCUT2D eigenvalue weighted by atomic mass is 16.5. The van der Waals surface area contributed by atoms with Gasteiger partial charge in [0.2, 0.25) is 0 Å². The van der Waals surface area contributed by atoms with Crippen molar-refractivity contribution in [1.29, 1.82) is 0 Å². The van der Waals surface area contributed by atoms with Gasteiger partial charge in [-0.15, -0.1) is 0 Å². The number of ether oxygens (including phenoxy) is 1. The number of carbonyl (C=O) groups excluding carboxylic acids is 1. The Kier molecular flexibility index (Phi) is 3.37. The lowest BCUT2D eigenvalue weighted by molar-refractivity contribution is 0.0600. The third-order valence-electron chi connectivity index (χ3n) is 6.67. The molecule has 0 saturated heterocycles. The van der Waals surface area contributed by atoms with Crippen molar-refractivity contribution in [3.05, 3.63) is 65.2 Å². The molecule has 5 rings (SSSR count). The first-order valence-corrected chi connectivity index (χ1v) is 9.30. The first-order valence-electron chi connectivity index (χ1n) is 9.30. The number of anilines is 1. The molecule has 3 nitrogen and oxygen atoms in total. The molecule has 128 valence electrons. The van der Waals surface area contributed by atoms with Gasteiger partial charge in [-0.25, -0.2) is 4.79 Å². The zero-order valence-corrected chi connectivity index (χ0v) is 14.4. The molecule has 2 bridgehead atoms. The van der Waals surface area contributed by atoms with E-state index < -0.39 is 0 Å². The summed E-state index contributed by atoms with van der Waals surface area (Å²) in [6.45, 7) is 0. The van der Waals surface area contributed by atoms with Crippen LogP contribution in [-0.4, -0.2) is 13.1 Å². The van der Waals surface area contributed by atoms with E-state index in [0.717, 1.165) is 11.8 Å². The van der Waals surface area contributed by atoms with Crippen molar-refractivity contribution in [2.45, 2.75) is 31.2 Å². The van der Waals surface area contributed by atoms with Crippen LogP contribution < -0.4 is 5.32 Å². The number of nitrogens with one attached hydrogen (secondary N) is 1. The molecular formula is C22H23NO2. The van der Waals surface area contributed by atoms with Gasteiger partial charge in [-0.3, -0.25) is 0 Å². The minimum Gasteiger partial charge on any atom is -0.465 e. The average Bonchev–Trinajstić information content (AvgIpc) is 3.29. The summed E-state index contributed by atoms with van der Waals surface area (Å²) >= 11 is 0. The number of methoxy groups -OCH3 is 1. The number of esters is 1. The Hall–Kier alpha value is -2.29. The van der Waals surface area contributed by atoms with Crippen molar-refractivity contribution >= 4 is 11.7 Å². The van der Waals surface area contributed by atoms with Gasteiger partial charge in [0, 0.05) is 5.69 Å². The molecule has 2 aliphatic carbocycles. The Bertz CT molecular complexity index is 816. The minimum absolute atomic E-state index is 0.243. The van der Waals surface area contributed by atoms with E-state index in [0.29, 0.717) is 23.4 Å². The third kappa shape index (κ3) is 2.21. The lowest BCUT2D eigenvalue weighted by atomic mass is 9.68. The van der Waals surface area contributed by atoms with Crippen molar-refractivity contribution in [3.8, 4) is 0 Å². The second kappa shape index (κ2) is 5.62. The molecule has 1 heterocycles. The molecule has 2 aromatic rings. The Morgan fingerprint density at radius 1 is 1.08 bits per heavy atom. The Morgan fingerprint density at radius 2 is 1.88 bits per heavy atom. The van der Waals surface area contributed by atoms with Crippen molar-refractivity contribution < 1.29 is 9.53 Å². The highest BCUT2D eigenvalue weighted by Gasteiger charge is 2.53. The van der Waals surface area contributed by atoms with E-state index in [4.69, 9.17) is 4.74 Å². The van der Waals surface area contributed by atoms with E-state index in [9.17, 15) is 4.79 Å². The molecule has 1 N–H and O–H groups in total. The van der Waals surface area contributed by atoms with Gasteiger partial charge in [-0.1, -0.05) is 30.3 Å². The van der Waals surface area contributed by atoms with Gasteiger partial charge in [0.1, 0.15) is 0 Å². The molecular weight excluding hydrogens is 310 g/mol. The predicted octanol–water partition coefficient (Wildman–Crippen LogP) is 4.77. The van der Waals surface area contributed by atoms with E-state index in [2.05, 4.69) is 47.8 Å². The normalized spacial score (nSPS) is 31.8. The number of fused-ring (bicyclic) bond motifs is 7. The highest BCUT2D eigenvalue weighted by Crippen LogP contribution is 2.63. The first-order chi connectivity index (χ1) is 12.3. The molecule has 2 saturated carbocycles. The molecule has 5 atom stereocenters. The van der Waals surface area contributed by atoms with Crippen LogP contribution in [0, 0.1) is 17.8 Å². The maximum absolute atomic E-state index is 12.0. The molecule has 25 heavy (non-hydrogen) atoms. The van der Waals surface area contributed by atoms with Crippen molar-refractivity contribution in [2.24, 2.45) is 17.8 Å². The second-order valence-electron chi connectivity index (χ2n) is 7.76. The molecule has 0 spiro atoms. The van der Waals surface area contributed by atoms with Crippen LogP contribution in [0.25, 0.3) is 0 Å². The number of benzene rings is 2. The molecule has 3 aliphatic rings. The van der Waals surface area contributed by atoms with Crippen LogP contribution in [-0.2, 0) is 4.74 Å². The van der Waals surface area contributed by atoms with Crippen LogP contribution in [0.3, 0.4) is 0 Å². The topological polar surface area (TPSA) is 38.3 Å². The van der Waals surface area contributed by atoms with E-state index in [-0.39, 0.29) is 5.97 Å². The summed E-state index contributed by atoms with van der Waals surface area (Å²) in [5.41, 5.74) is 4.57. The standard InChI is InChI=1S/C22H23NO2/c1-25-22(24)16-9-10-18-17(12-16)19-14-7-8-15(11-14)20(19)21(23-18)13-5-3-2-4-6-13/h2-6,9-10,12,14-15,19-21,23H,7-8,11H2,1H3/t14-,15+,19-,20-,21?/m1/s1. The van der Waals surface area contributed by atoms with Crippen LogP contribution in [0.5, 0.6) is 0 Å².